The summed E-state index contributed by atoms with van der Waals surface area (Å²) in [5.74, 6) is 5.41. The normalized spacial score (nSPS) is 13.4. The Hall–Kier alpha value is -10.1. The van der Waals surface area contributed by atoms with Crippen LogP contribution in [0.25, 0.3) is 123 Å². The van der Waals surface area contributed by atoms with E-state index >= 15 is 0 Å². The van der Waals surface area contributed by atoms with E-state index in [1.54, 1.807) is 0 Å². The van der Waals surface area contributed by atoms with Crippen LogP contribution in [0.4, 0.5) is 0 Å². The topological polar surface area (TPSA) is 113 Å². The predicted octanol–water partition coefficient (Wildman–Crippen LogP) is 14.6. The minimum absolute atomic E-state index is 0.0586. The molecule has 7 aromatic carbocycles. The van der Waals surface area contributed by atoms with Crippen molar-refractivity contribution in [1.82, 2.24) is 49.0 Å². The van der Waals surface area contributed by atoms with Gasteiger partial charge in [0.15, 0.2) is 29.1 Å². The molecular weight excluding hydrogens is 909 g/mol. The summed E-state index contributed by atoms with van der Waals surface area (Å²) in [5, 5.41) is 4.52. The maximum Gasteiger partial charge on any atom is 0.164 e. The summed E-state index contributed by atoms with van der Waals surface area (Å²) >= 11 is 0. The predicted molar refractivity (Wildman–Crippen MR) is 296 cm³/mol. The van der Waals surface area contributed by atoms with Crippen molar-refractivity contribution in [2.75, 3.05) is 0 Å². The molecule has 10 nitrogen and oxygen atoms in total. The zero-order valence-electron chi connectivity index (χ0n) is 39.8. The summed E-state index contributed by atoms with van der Waals surface area (Å²) in [4.78, 5) is 40.0. The summed E-state index contributed by atoms with van der Waals surface area (Å²) in [6, 6.07) is 68.8. The smallest absolute Gasteiger partial charge is 0.164 e. The van der Waals surface area contributed by atoms with Gasteiger partial charge in [-0.3, -0.25) is 9.13 Å². The van der Waals surface area contributed by atoms with Crippen LogP contribution in [0.15, 0.2) is 237 Å². The zero-order chi connectivity index (χ0) is 49.0. The molecule has 74 heavy (non-hydrogen) atoms. The Balaban J connectivity index is 0.852. The Morgan fingerprint density at radius 2 is 0.730 bits per heavy atom. The van der Waals surface area contributed by atoms with Crippen LogP contribution in [0.3, 0.4) is 0 Å². The quantitative estimate of drug-likeness (QED) is 0.141. The van der Waals surface area contributed by atoms with Gasteiger partial charge in [0.2, 0.25) is 0 Å². The first kappa shape index (κ1) is 42.8. The molecule has 1 aliphatic rings. The third kappa shape index (κ3) is 7.60. The number of pyridine rings is 2. The number of para-hydroxylation sites is 2. The molecule has 1 aliphatic carbocycles. The van der Waals surface area contributed by atoms with Gasteiger partial charge in [-0.2, -0.15) is 0 Å². The second-order valence-electron chi connectivity index (χ2n) is 18.4. The van der Waals surface area contributed by atoms with Gasteiger partial charge in [-0.15, -0.1) is 0 Å². The first-order valence-electron chi connectivity index (χ1n) is 24.7. The Bertz CT molecular complexity index is 4290. The van der Waals surface area contributed by atoms with Gasteiger partial charge in [-0.05, 0) is 78.2 Å². The number of rotatable bonds is 9. The standard InChI is InChI=1S/C64H42N10/c1-5-17-41(18-6-1)59-67-60(42-19-7-2-8-20-42)70-63(69-59)47-33-35-65-57(39-47)73-53-27-15-13-25-49(53)51-37-45(29-31-55(51)73)46-30-32-56-52(38-46)50-26-14-16-28-54(50)74(56)58-40-48(34-36-66-58)64-71-61(43-21-9-3-10-22-43)68-62(72-64)44-23-11-4-12-24-44/h1-23,25-40,44H,24H2. The van der Waals surface area contributed by atoms with Crippen molar-refractivity contribution >= 4 is 43.6 Å². The molecule has 10 heteroatoms. The van der Waals surface area contributed by atoms with E-state index < -0.39 is 0 Å². The van der Waals surface area contributed by atoms with Crippen molar-refractivity contribution in [3.05, 3.63) is 243 Å². The minimum Gasteiger partial charge on any atom is -0.294 e. The average molecular weight is 951 g/mol. The highest BCUT2D eigenvalue weighted by Gasteiger charge is 2.21. The van der Waals surface area contributed by atoms with Gasteiger partial charge in [-0.25, -0.2) is 39.9 Å². The molecule has 348 valence electrons. The monoisotopic (exact) mass is 950 g/mol. The molecule has 0 amide bonds. The summed E-state index contributed by atoms with van der Waals surface area (Å²) in [5.41, 5.74) is 10.9. The van der Waals surface area contributed by atoms with Crippen LogP contribution in [-0.2, 0) is 0 Å². The van der Waals surface area contributed by atoms with Gasteiger partial charge in [0.25, 0.3) is 0 Å². The Morgan fingerprint density at radius 3 is 1.19 bits per heavy atom. The molecule has 0 aliphatic heterocycles. The third-order valence-corrected chi connectivity index (χ3v) is 13.8. The summed E-state index contributed by atoms with van der Waals surface area (Å²) in [6.07, 6.45) is 13.0. The Labute approximate surface area is 425 Å². The lowest BCUT2D eigenvalue weighted by atomic mass is 10.00. The number of fused-ring (bicyclic) bond motifs is 6. The fourth-order valence-electron chi connectivity index (χ4n) is 10.3. The lowest BCUT2D eigenvalue weighted by molar-refractivity contribution is 0.764. The molecule has 0 fully saturated rings. The van der Waals surface area contributed by atoms with E-state index in [1.165, 1.54) is 0 Å². The van der Waals surface area contributed by atoms with Crippen molar-refractivity contribution < 1.29 is 0 Å². The van der Waals surface area contributed by atoms with E-state index in [0.29, 0.717) is 29.1 Å². The highest BCUT2D eigenvalue weighted by molar-refractivity contribution is 6.12. The van der Waals surface area contributed by atoms with Crippen LogP contribution in [-0.4, -0.2) is 49.0 Å². The summed E-state index contributed by atoms with van der Waals surface area (Å²) in [6.45, 7) is 0. The van der Waals surface area contributed by atoms with E-state index in [2.05, 4.69) is 131 Å². The van der Waals surface area contributed by atoms with Crippen molar-refractivity contribution in [2.24, 2.45) is 0 Å². The second kappa shape index (κ2) is 18.0. The molecular formula is C64H42N10. The lowest BCUT2D eigenvalue weighted by Crippen LogP contribution is -2.08. The molecule has 14 rings (SSSR count). The molecule has 0 spiro atoms. The molecule has 1 atom stereocenters. The van der Waals surface area contributed by atoms with Gasteiger partial charge < -0.3 is 0 Å². The molecule has 0 saturated heterocycles. The fourth-order valence-corrected chi connectivity index (χ4v) is 10.3. The number of nitrogens with zero attached hydrogens (tertiary/aromatic N) is 10. The number of allylic oxidation sites excluding steroid dienone is 4. The third-order valence-electron chi connectivity index (χ3n) is 13.8. The van der Waals surface area contributed by atoms with Crippen LogP contribution in [0.1, 0.15) is 18.2 Å². The SMILES string of the molecule is C1=CCC(c2nc(-c3ccccc3)nc(-c3ccnc(-n4c5ccccc5c5cc(-c6ccc7c(c6)c6ccccc6n7-c6cc(-c7nc(-c8ccccc8)nc(-c8ccccc8)n7)ccn6)ccc54)c3)n2)C=C1. The molecule has 1 unspecified atom stereocenters. The van der Waals surface area contributed by atoms with Gasteiger partial charge >= 0.3 is 0 Å². The number of benzene rings is 7. The largest absolute Gasteiger partial charge is 0.294 e. The van der Waals surface area contributed by atoms with Crippen LogP contribution in [0.5, 0.6) is 0 Å². The highest BCUT2D eigenvalue weighted by Crippen LogP contribution is 2.39. The molecule has 0 N–H and O–H groups in total. The van der Waals surface area contributed by atoms with Gasteiger partial charge in [0.05, 0.1) is 22.1 Å². The van der Waals surface area contributed by atoms with Gasteiger partial charge in [0, 0.05) is 67.7 Å². The van der Waals surface area contributed by atoms with E-state index in [4.69, 9.17) is 39.9 Å². The second-order valence-corrected chi connectivity index (χ2v) is 18.4. The Morgan fingerprint density at radius 1 is 0.324 bits per heavy atom. The van der Waals surface area contributed by atoms with E-state index in [9.17, 15) is 0 Å². The maximum absolute atomic E-state index is 5.09. The van der Waals surface area contributed by atoms with Gasteiger partial charge in [-0.1, -0.05) is 164 Å². The van der Waals surface area contributed by atoms with Crippen LogP contribution in [0, 0.1) is 0 Å². The minimum atomic E-state index is 0.0586. The van der Waals surface area contributed by atoms with E-state index in [-0.39, 0.29) is 5.92 Å². The number of aromatic nitrogens is 10. The van der Waals surface area contributed by atoms with E-state index in [1.807, 2.05) is 116 Å². The van der Waals surface area contributed by atoms with Crippen LogP contribution < -0.4 is 0 Å². The molecule has 0 saturated carbocycles. The molecule has 6 aromatic heterocycles. The van der Waals surface area contributed by atoms with Crippen molar-refractivity contribution in [3.63, 3.8) is 0 Å². The summed E-state index contributed by atoms with van der Waals surface area (Å²) < 4.78 is 4.48. The van der Waals surface area contributed by atoms with E-state index in [0.717, 1.165) is 106 Å². The Kier molecular flexibility index (Phi) is 10.4. The summed E-state index contributed by atoms with van der Waals surface area (Å²) in [7, 11) is 0. The van der Waals surface area contributed by atoms with Crippen LogP contribution in [0.2, 0.25) is 0 Å². The first-order valence-corrected chi connectivity index (χ1v) is 24.7. The first-order chi connectivity index (χ1) is 36.7. The molecule has 0 radical (unpaired) electrons. The molecule has 6 heterocycles. The average Bonchev–Trinajstić information content (AvgIpc) is 4.02. The lowest BCUT2D eigenvalue weighted by Gasteiger charge is -2.15. The highest BCUT2D eigenvalue weighted by atomic mass is 15.1. The van der Waals surface area contributed by atoms with Gasteiger partial charge in [0.1, 0.15) is 17.5 Å². The number of hydrogen-bond acceptors (Lipinski definition) is 8. The zero-order valence-corrected chi connectivity index (χ0v) is 39.8. The van der Waals surface area contributed by atoms with Crippen LogP contribution >= 0.6 is 0 Å². The van der Waals surface area contributed by atoms with Crippen molar-refractivity contribution in [3.8, 4) is 79.7 Å². The van der Waals surface area contributed by atoms with Crippen molar-refractivity contribution in [1.29, 1.82) is 0 Å². The maximum atomic E-state index is 5.09. The molecule has 0 bridgehead atoms. The number of hydrogen-bond donors (Lipinski definition) is 0. The molecule has 13 aromatic rings. The fraction of sp³-hybridized carbons (Fsp3) is 0.0312. The van der Waals surface area contributed by atoms with Crippen molar-refractivity contribution in [2.45, 2.75) is 12.3 Å².